The number of benzene rings is 3. The molecule has 0 saturated heterocycles. The fourth-order valence-corrected chi connectivity index (χ4v) is 4.86. The minimum atomic E-state index is -4.32. The maximum Gasteiger partial charge on any atom is 0.273 e. The van der Waals surface area contributed by atoms with E-state index < -0.39 is 27.4 Å². The molecule has 0 bridgehead atoms. The molecule has 0 spiro atoms. The molecule has 184 valence electrons. The summed E-state index contributed by atoms with van der Waals surface area (Å²) in [4.78, 5) is 23.3. The van der Waals surface area contributed by atoms with Crippen molar-refractivity contribution in [3.05, 3.63) is 88.0 Å². The van der Waals surface area contributed by atoms with Gasteiger partial charge in [-0.2, -0.15) is 0 Å². The fourth-order valence-electron chi connectivity index (χ4n) is 3.42. The van der Waals surface area contributed by atoms with Crippen molar-refractivity contribution in [1.82, 2.24) is 0 Å². The first kappa shape index (κ1) is 25.7. The van der Waals surface area contributed by atoms with Gasteiger partial charge in [-0.05, 0) is 60.9 Å². The topological polar surface area (TPSA) is 119 Å². The third-order valence-electron chi connectivity index (χ3n) is 5.47. The van der Waals surface area contributed by atoms with Crippen molar-refractivity contribution < 1.29 is 22.9 Å². The summed E-state index contributed by atoms with van der Waals surface area (Å²) < 4.78 is 33.2. The molecule has 3 aromatic carbocycles. The number of carbonyl (C=O) groups is 1. The molecular weight excluding hydrogens is 470 g/mol. The van der Waals surface area contributed by atoms with Crippen molar-refractivity contribution in [3.63, 3.8) is 0 Å². The first-order valence-corrected chi connectivity index (χ1v) is 12.3. The molecule has 10 heteroatoms. The third-order valence-corrected chi connectivity index (χ3v) is 7.24. The first-order valence-electron chi connectivity index (χ1n) is 10.8. The lowest BCUT2D eigenvalue weighted by Gasteiger charge is -2.24. The van der Waals surface area contributed by atoms with Crippen LogP contribution < -0.4 is 14.4 Å². The molecule has 9 nitrogen and oxygen atoms in total. The van der Waals surface area contributed by atoms with Gasteiger partial charge >= 0.3 is 0 Å². The smallest absolute Gasteiger partial charge is 0.273 e. The van der Waals surface area contributed by atoms with Crippen molar-refractivity contribution in [2.75, 3.05) is 23.3 Å². The van der Waals surface area contributed by atoms with Crippen LogP contribution >= 0.6 is 0 Å². The molecule has 3 aromatic rings. The molecule has 35 heavy (non-hydrogen) atoms. The van der Waals surface area contributed by atoms with Gasteiger partial charge < -0.3 is 10.1 Å². The lowest BCUT2D eigenvalue weighted by atomic mass is 10.0. The number of ether oxygens (including phenoxy) is 1. The van der Waals surface area contributed by atoms with Crippen LogP contribution in [0.3, 0.4) is 0 Å². The van der Waals surface area contributed by atoms with Crippen molar-refractivity contribution in [3.8, 4) is 5.75 Å². The number of carbonyl (C=O) groups excluding carboxylic acids is 1. The average Bonchev–Trinajstić information content (AvgIpc) is 2.83. The number of sulfonamides is 1. The lowest BCUT2D eigenvalue weighted by molar-refractivity contribution is -0.385. The second-order valence-corrected chi connectivity index (χ2v) is 10.1. The van der Waals surface area contributed by atoms with E-state index in [1.54, 1.807) is 24.3 Å². The van der Waals surface area contributed by atoms with Gasteiger partial charge in [-0.15, -0.1) is 0 Å². The number of aryl methyl sites for hydroxylation is 1. The number of rotatable bonds is 9. The summed E-state index contributed by atoms with van der Waals surface area (Å²) in [5.41, 5.74) is 1.84. The molecular formula is C25H27N3O6S. The number of nitro benzene ring substituents is 1. The molecule has 0 aliphatic heterocycles. The molecule has 0 heterocycles. The largest absolute Gasteiger partial charge is 0.497 e. The minimum Gasteiger partial charge on any atom is -0.497 e. The van der Waals surface area contributed by atoms with E-state index in [9.17, 15) is 23.3 Å². The molecule has 0 radical (unpaired) electrons. The molecule has 1 amide bonds. The summed E-state index contributed by atoms with van der Waals surface area (Å²) >= 11 is 0. The lowest BCUT2D eigenvalue weighted by Crippen LogP contribution is -2.38. The van der Waals surface area contributed by atoms with Crippen LogP contribution in [-0.2, 0) is 14.8 Å². The van der Waals surface area contributed by atoms with Gasteiger partial charge in [0, 0.05) is 17.3 Å². The van der Waals surface area contributed by atoms with Crippen LogP contribution in [0, 0.1) is 17.0 Å². The van der Waals surface area contributed by atoms with Gasteiger partial charge in [-0.25, -0.2) is 8.42 Å². The van der Waals surface area contributed by atoms with Gasteiger partial charge in [-0.3, -0.25) is 19.2 Å². The van der Waals surface area contributed by atoms with E-state index in [1.165, 1.54) is 38.3 Å². The Labute approximate surface area is 204 Å². The number of nitrogens with one attached hydrogen (secondary N) is 1. The number of anilines is 2. The van der Waals surface area contributed by atoms with Crippen molar-refractivity contribution in [2.45, 2.75) is 31.6 Å². The Morgan fingerprint density at radius 2 is 1.69 bits per heavy atom. The molecule has 3 rings (SSSR count). The minimum absolute atomic E-state index is 0.208. The van der Waals surface area contributed by atoms with E-state index in [0.717, 1.165) is 15.9 Å². The van der Waals surface area contributed by atoms with Crippen LogP contribution in [0.2, 0.25) is 0 Å². The van der Waals surface area contributed by atoms with Crippen LogP contribution in [0.15, 0.2) is 71.6 Å². The van der Waals surface area contributed by atoms with Gasteiger partial charge in [0.1, 0.15) is 12.3 Å². The van der Waals surface area contributed by atoms with E-state index in [1.807, 2.05) is 12.1 Å². The quantitative estimate of drug-likeness (QED) is 0.333. The van der Waals surface area contributed by atoms with Gasteiger partial charge in [0.2, 0.25) is 5.91 Å². The van der Waals surface area contributed by atoms with Crippen LogP contribution in [0.25, 0.3) is 0 Å². The van der Waals surface area contributed by atoms with Crippen molar-refractivity contribution in [1.29, 1.82) is 0 Å². The van der Waals surface area contributed by atoms with Gasteiger partial charge in [0.25, 0.3) is 15.7 Å². The van der Waals surface area contributed by atoms with Gasteiger partial charge in [-0.1, -0.05) is 32.0 Å². The molecule has 0 saturated carbocycles. The number of amides is 1. The Bertz CT molecular complexity index is 1320. The Balaban J connectivity index is 1.96. The Morgan fingerprint density at radius 1 is 1.06 bits per heavy atom. The molecule has 0 fully saturated rings. The maximum absolute atomic E-state index is 13.6. The van der Waals surface area contributed by atoms with Gasteiger partial charge in [0.15, 0.2) is 0 Å². The monoisotopic (exact) mass is 497 g/mol. The maximum atomic E-state index is 13.6. The second kappa shape index (κ2) is 10.6. The summed E-state index contributed by atoms with van der Waals surface area (Å²) in [6.07, 6.45) is 0. The molecule has 0 aromatic heterocycles. The number of nitro groups is 1. The first-order chi connectivity index (χ1) is 16.5. The predicted molar refractivity (Wildman–Crippen MR) is 135 cm³/mol. The summed E-state index contributed by atoms with van der Waals surface area (Å²) in [7, 11) is -2.85. The molecule has 0 unspecified atom stereocenters. The van der Waals surface area contributed by atoms with E-state index in [4.69, 9.17) is 4.74 Å². The number of nitrogens with zero attached hydrogens (tertiary/aromatic N) is 2. The molecule has 0 atom stereocenters. The fraction of sp³-hybridized carbons (Fsp3) is 0.240. The predicted octanol–water partition coefficient (Wildman–Crippen LogP) is 4.87. The standard InChI is InChI=1S/C25H27N3O6S/c1-17(2)19-6-8-20(9-7-19)26-25(29)16-27(21-10-12-22(34-4)13-11-21)35(32,33)23-14-5-18(3)24(15-23)28(30)31/h5-15,17H,16H2,1-4H3,(H,26,29). The van der Waals surface area contributed by atoms with E-state index >= 15 is 0 Å². The summed E-state index contributed by atoms with van der Waals surface area (Å²) in [5, 5.41) is 14.1. The molecule has 0 aliphatic carbocycles. The van der Waals surface area contributed by atoms with Crippen LogP contribution in [0.4, 0.5) is 17.1 Å². The van der Waals surface area contributed by atoms with E-state index in [0.29, 0.717) is 22.9 Å². The second-order valence-electron chi connectivity index (χ2n) is 8.24. The highest BCUT2D eigenvalue weighted by atomic mass is 32.2. The van der Waals surface area contributed by atoms with E-state index in [-0.39, 0.29) is 16.3 Å². The van der Waals surface area contributed by atoms with Crippen LogP contribution in [-0.4, -0.2) is 32.9 Å². The Hall–Kier alpha value is -3.92. The zero-order valence-corrected chi connectivity index (χ0v) is 20.7. The zero-order valence-electron chi connectivity index (χ0n) is 19.9. The zero-order chi connectivity index (χ0) is 25.8. The normalized spacial score (nSPS) is 11.2. The van der Waals surface area contributed by atoms with Gasteiger partial charge in [0.05, 0.1) is 22.6 Å². The average molecular weight is 498 g/mol. The Morgan fingerprint density at radius 3 is 2.23 bits per heavy atom. The SMILES string of the molecule is COc1ccc(N(CC(=O)Nc2ccc(C(C)C)cc2)S(=O)(=O)c2ccc(C)c([N+](=O)[O-])c2)cc1. The summed E-state index contributed by atoms with van der Waals surface area (Å²) in [5.74, 6) is 0.268. The third kappa shape index (κ3) is 5.96. The van der Waals surface area contributed by atoms with Crippen molar-refractivity contribution >= 4 is 33.0 Å². The Kier molecular flexibility index (Phi) is 7.75. The molecule has 0 aliphatic rings. The number of hydrogen-bond acceptors (Lipinski definition) is 6. The summed E-state index contributed by atoms with van der Waals surface area (Å²) in [6.45, 7) is 5.09. The highest BCUT2D eigenvalue weighted by Gasteiger charge is 2.29. The number of methoxy groups -OCH3 is 1. The number of hydrogen-bond donors (Lipinski definition) is 1. The highest BCUT2D eigenvalue weighted by Crippen LogP contribution is 2.29. The summed E-state index contributed by atoms with van der Waals surface area (Å²) in [6, 6.07) is 17.1. The molecule has 1 N–H and O–H groups in total. The highest BCUT2D eigenvalue weighted by molar-refractivity contribution is 7.92. The van der Waals surface area contributed by atoms with Crippen LogP contribution in [0.5, 0.6) is 5.75 Å². The van der Waals surface area contributed by atoms with Crippen molar-refractivity contribution in [2.24, 2.45) is 0 Å². The van der Waals surface area contributed by atoms with E-state index in [2.05, 4.69) is 19.2 Å². The van der Waals surface area contributed by atoms with Crippen LogP contribution in [0.1, 0.15) is 30.9 Å².